The van der Waals surface area contributed by atoms with Crippen molar-refractivity contribution in [2.24, 2.45) is 0 Å². The van der Waals surface area contributed by atoms with Crippen LogP contribution in [0.3, 0.4) is 0 Å². The van der Waals surface area contributed by atoms with E-state index in [-0.39, 0.29) is 19.8 Å². The molecule has 2 atom stereocenters. The van der Waals surface area contributed by atoms with Crippen molar-refractivity contribution < 1.29 is 24.1 Å². The summed E-state index contributed by atoms with van der Waals surface area (Å²) in [7, 11) is 0. The summed E-state index contributed by atoms with van der Waals surface area (Å²) in [5.74, 6) is 0. The first-order chi connectivity index (χ1) is 15.8. The molecule has 0 saturated carbocycles. The fourth-order valence-electron chi connectivity index (χ4n) is 3.92. The van der Waals surface area contributed by atoms with E-state index in [0.29, 0.717) is 19.8 Å². The van der Waals surface area contributed by atoms with E-state index in [2.05, 4.69) is 0 Å². The summed E-state index contributed by atoms with van der Waals surface area (Å²) in [6, 6.07) is 29.9. The molecule has 5 heteroatoms. The summed E-state index contributed by atoms with van der Waals surface area (Å²) >= 11 is 0. The van der Waals surface area contributed by atoms with Gasteiger partial charge in [-0.05, 0) is 16.7 Å². The van der Waals surface area contributed by atoms with Gasteiger partial charge in [-0.2, -0.15) is 0 Å². The average Bonchev–Trinajstić information content (AvgIpc) is 3.15. The molecular formula is C27H30O5. The highest BCUT2D eigenvalue weighted by molar-refractivity contribution is 5.15. The van der Waals surface area contributed by atoms with Crippen molar-refractivity contribution in [3.05, 3.63) is 108 Å². The SMILES string of the molecule is O[C@H]1COC(COCc2ccccc2)(COCc2ccccc2)[C@@H]1OCc1ccccc1. The van der Waals surface area contributed by atoms with Crippen molar-refractivity contribution in [2.45, 2.75) is 37.6 Å². The lowest BCUT2D eigenvalue weighted by molar-refractivity contribution is -0.170. The standard InChI is InChI=1S/C27H30O5/c28-25-19-32-27(20-29-16-22-10-4-1-5-11-22,21-30-17-23-12-6-2-7-13-23)26(25)31-18-24-14-8-3-9-15-24/h1-15,25-26,28H,16-21H2/t25-,26+/m0/s1. The van der Waals surface area contributed by atoms with Gasteiger partial charge in [0.2, 0.25) is 0 Å². The van der Waals surface area contributed by atoms with Gasteiger partial charge in [-0.25, -0.2) is 0 Å². The fraction of sp³-hybridized carbons (Fsp3) is 0.333. The molecule has 1 saturated heterocycles. The van der Waals surface area contributed by atoms with Crippen LogP contribution in [0, 0.1) is 0 Å². The minimum absolute atomic E-state index is 0.183. The van der Waals surface area contributed by atoms with Crippen LogP contribution in [0.2, 0.25) is 0 Å². The van der Waals surface area contributed by atoms with E-state index in [0.717, 1.165) is 16.7 Å². The van der Waals surface area contributed by atoms with Crippen LogP contribution in [0.15, 0.2) is 91.0 Å². The quantitative estimate of drug-likeness (QED) is 0.492. The minimum atomic E-state index is -0.891. The second-order valence-electron chi connectivity index (χ2n) is 8.12. The third-order valence-corrected chi connectivity index (χ3v) is 5.60. The lowest BCUT2D eigenvalue weighted by Crippen LogP contribution is -2.52. The van der Waals surface area contributed by atoms with Gasteiger partial charge < -0.3 is 24.1 Å². The van der Waals surface area contributed by atoms with Gasteiger partial charge in [-0.15, -0.1) is 0 Å². The molecule has 0 radical (unpaired) electrons. The minimum Gasteiger partial charge on any atom is -0.388 e. The van der Waals surface area contributed by atoms with E-state index in [9.17, 15) is 5.11 Å². The Labute approximate surface area is 189 Å². The highest BCUT2D eigenvalue weighted by atomic mass is 16.6. The summed E-state index contributed by atoms with van der Waals surface area (Å²) in [5.41, 5.74) is 2.30. The molecule has 1 heterocycles. The van der Waals surface area contributed by atoms with Crippen LogP contribution >= 0.6 is 0 Å². The maximum absolute atomic E-state index is 10.7. The lowest BCUT2D eigenvalue weighted by Gasteiger charge is -2.34. The summed E-state index contributed by atoms with van der Waals surface area (Å²) in [6.07, 6.45) is -1.31. The number of benzene rings is 3. The highest BCUT2D eigenvalue weighted by Crippen LogP contribution is 2.32. The monoisotopic (exact) mass is 434 g/mol. The maximum atomic E-state index is 10.7. The molecule has 3 aromatic rings. The van der Waals surface area contributed by atoms with Crippen molar-refractivity contribution in [2.75, 3.05) is 19.8 Å². The second-order valence-corrected chi connectivity index (χ2v) is 8.12. The molecule has 0 spiro atoms. The Morgan fingerprint density at radius 3 is 1.59 bits per heavy atom. The van der Waals surface area contributed by atoms with Crippen LogP contribution < -0.4 is 0 Å². The highest BCUT2D eigenvalue weighted by Gasteiger charge is 2.51. The predicted octanol–water partition coefficient (Wildman–Crippen LogP) is 4.14. The summed E-state index contributed by atoms with van der Waals surface area (Å²) in [4.78, 5) is 0. The van der Waals surface area contributed by atoms with Crippen LogP contribution in [-0.4, -0.2) is 42.7 Å². The van der Waals surface area contributed by atoms with Crippen molar-refractivity contribution in [1.29, 1.82) is 0 Å². The van der Waals surface area contributed by atoms with Crippen molar-refractivity contribution in [3.63, 3.8) is 0 Å². The van der Waals surface area contributed by atoms with Crippen LogP contribution in [0.25, 0.3) is 0 Å². The Hall–Kier alpha value is -2.54. The van der Waals surface area contributed by atoms with E-state index in [1.165, 1.54) is 0 Å². The third kappa shape index (κ3) is 6.03. The zero-order valence-electron chi connectivity index (χ0n) is 18.1. The largest absolute Gasteiger partial charge is 0.388 e. The van der Waals surface area contributed by atoms with E-state index < -0.39 is 17.8 Å². The Bertz CT molecular complexity index is 871. The van der Waals surface area contributed by atoms with Crippen molar-refractivity contribution >= 4 is 0 Å². The van der Waals surface area contributed by atoms with Gasteiger partial charge in [0, 0.05) is 0 Å². The van der Waals surface area contributed by atoms with Crippen molar-refractivity contribution in [1.82, 2.24) is 0 Å². The number of aliphatic hydroxyl groups excluding tert-OH is 1. The van der Waals surface area contributed by atoms with E-state index in [1.807, 2.05) is 91.0 Å². The molecule has 0 aliphatic carbocycles. The van der Waals surface area contributed by atoms with Crippen LogP contribution in [0.1, 0.15) is 16.7 Å². The number of hydrogen-bond acceptors (Lipinski definition) is 5. The molecule has 0 aromatic heterocycles. The predicted molar refractivity (Wildman–Crippen MR) is 122 cm³/mol. The Balaban J connectivity index is 1.43. The van der Waals surface area contributed by atoms with Crippen LogP contribution in [0.5, 0.6) is 0 Å². The maximum Gasteiger partial charge on any atom is 0.143 e. The zero-order chi connectivity index (χ0) is 22.1. The first-order valence-electron chi connectivity index (χ1n) is 11.0. The van der Waals surface area contributed by atoms with Gasteiger partial charge in [0.1, 0.15) is 17.8 Å². The molecule has 4 rings (SSSR count). The zero-order valence-corrected chi connectivity index (χ0v) is 18.1. The number of hydrogen-bond donors (Lipinski definition) is 1. The molecular weight excluding hydrogens is 404 g/mol. The fourth-order valence-corrected chi connectivity index (χ4v) is 3.92. The van der Waals surface area contributed by atoms with E-state index in [4.69, 9.17) is 18.9 Å². The first-order valence-corrected chi connectivity index (χ1v) is 11.0. The number of rotatable bonds is 11. The van der Waals surface area contributed by atoms with Gasteiger partial charge in [0.15, 0.2) is 0 Å². The molecule has 32 heavy (non-hydrogen) atoms. The third-order valence-electron chi connectivity index (χ3n) is 5.60. The normalized spacial score (nSPS) is 19.8. The molecule has 1 aliphatic rings. The lowest BCUT2D eigenvalue weighted by atomic mass is 9.96. The molecule has 0 amide bonds. The smallest absolute Gasteiger partial charge is 0.143 e. The molecule has 168 valence electrons. The summed E-state index contributed by atoms with van der Waals surface area (Å²) < 4.78 is 24.4. The molecule has 0 bridgehead atoms. The summed E-state index contributed by atoms with van der Waals surface area (Å²) in [6.45, 7) is 1.98. The van der Waals surface area contributed by atoms with Gasteiger partial charge in [-0.1, -0.05) is 91.0 Å². The number of aliphatic hydroxyl groups is 1. The van der Waals surface area contributed by atoms with Gasteiger partial charge in [0.05, 0.1) is 39.6 Å². The van der Waals surface area contributed by atoms with Crippen LogP contribution in [0.4, 0.5) is 0 Å². The molecule has 1 N–H and O–H groups in total. The molecule has 5 nitrogen and oxygen atoms in total. The summed E-state index contributed by atoms with van der Waals surface area (Å²) in [5, 5.41) is 10.7. The van der Waals surface area contributed by atoms with Gasteiger partial charge in [0.25, 0.3) is 0 Å². The molecule has 0 unspecified atom stereocenters. The number of ether oxygens (including phenoxy) is 4. The van der Waals surface area contributed by atoms with Gasteiger partial charge in [-0.3, -0.25) is 0 Å². The van der Waals surface area contributed by atoms with Crippen LogP contribution in [-0.2, 0) is 38.8 Å². The average molecular weight is 435 g/mol. The Morgan fingerprint density at radius 1 is 0.688 bits per heavy atom. The molecule has 1 fully saturated rings. The van der Waals surface area contributed by atoms with E-state index in [1.54, 1.807) is 0 Å². The Kier molecular flexibility index (Phi) is 8.04. The second kappa shape index (κ2) is 11.4. The van der Waals surface area contributed by atoms with Crippen molar-refractivity contribution in [3.8, 4) is 0 Å². The topological polar surface area (TPSA) is 57.2 Å². The molecule has 1 aliphatic heterocycles. The van der Waals surface area contributed by atoms with E-state index >= 15 is 0 Å². The molecule has 3 aromatic carbocycles. The first kappa shape index (κ1) is 22.6. The van der Waals surface area contributed by atoms with Gasteiger partial charge >= 0.3 is 0 Å². The Morgan fingerprint density at radius 2 is 1.12 bits per heavy atom.